The van der Waals surface area contributed by atoms with Gasteiger partial charge in [-0.3, -0.25) is 0 Å². The van der Waals surface area contributed by atoms with Crippen molar-refractivity contribution in [1.82, 2.24) is 29.1 Å². The lowest BCUT2D eigenvalue weighted by atomic mass is 10.0. The van der Waals surface area contributed by atoms with E-state index in [1.807, 2.05) is 85.5 Å². The van der Waals surface area contributed by atoms with Crippen LogP contribution in [0.5, 0.6) is 0 Å². The number of benzene rings is 6. The van der Waals surface area contributed by atoms with Gasteiger partial charge in [-0.2, -0.15) is 0 Å². The number of fused-ring (bicyclic) bond motifs is 9. The molecule has 0 amide bonds. The van der Waals surface area contributed by atoms with Gasteiger partial charge in [0.25, 0.3) is 0 Å². The van der Waals surface area contributed by atoms with Crippen molar-refractivity contribution in [3.8, 4) is 34.2 Å². The molecule has 0 atom stereocenters. The van der Waals surface area contributed by atoms with Crippen LogP contribution >= 0.6 is 0 Å². The molecular formula is C42H26N6. The maximum Gasteiger partial charge on any atom is 0.159 e. The molecule has 6 nitrogen and oxygen atoms in total. The molecule has 0 aliphatic rings. The number of rotatable bonds is 4. The molecule has 0 saturated carbocycles. The molecule has 0 saturated heterocycles. The molecule has 4 aromatic heterocycles. The van der Waals surface area contributed by atoms with Crippen molar-refractivity contribution < 1.29 is 0 Å². The monoisotopic (exact) mass is 614 g/mol. The molecule has 0 radical (unpaired) electrons. The molecule has 224 valence electrons. The highest BCUT2D eigenvalue weighted by Gasteiger charge is 2.21. The van der Waals surface area contributed by atoms with Crippen molar-refractivity contribution in [2.45, 2.75) is 0 Å². The molecule has 6 heteroatoms. The van der Waals surface area contributed by atoms with Gasteiger partial charge < -0.3 is 9.13 Å². The number of para-hydroxylation sites is 2. The van der Waals surface area contributed by atoms with Crippen molar-refractivity contribution in [2.24, 2.45) is 0 Å². The van der Waals surface area contributed by atoms with Gasteiger partial charge in [0.1, 0.15) is 0 Å². The predicted molar refractivity (Wildman–Crippen MR) is 195 cm³/mol. The van der Waals surface area contributed by atoms with Crippen LogP contribution in [-0.2, 0) is 0 Å². The quantitative estimate of drug-likeness (QED) is 0.198. The van der Waals surface area contributed by atoms with Gasteiger partial charge in [0.05, 0.1) is 58.2 Å². The van der Waals surface area contributed by atoms with Gasteiger partial charge in [-0.1, -0.05) is 121 Å². The topological polar surface area (TPSA) is 61.4 Å². The van der Waals surface area contributed by atoms with Crippen LogP contribution in [-0.4, -0.2) is 29.1 Å². The average molecular weight is 615 g/mol. The molecule has 0 N–H and O–H groups in total. The van der Waals surface area contributed by atoms with E-state index in [0.29, 0.717) is 11.6 Å². The summed E-state index contributed by atoms with van der Waals surface area (Å²) in [4.78, 5) is 19.4. The first-order valence-corrected chi connectivity index (χ1v) is 16.0. The zero-order valence-corrected chi connectivity index (χ0v) is 25.7. The largest absolute Gasteiger partial charge is 0.306 e. The summed E-state index contributed by atoms with van der Waals surface area (Å²) in [5.41, 5.74) is 8.22. The lowest BCUT2D eigenvalue weighted by Crippen LogP contribution is -2.00. The fraction of sp³-hybridized carbons (Fsp3) is 0. The Morgan fingerprint density at radius 2 is 0.750 bits per heavy atom. The van der Waals surface area contributed by atoms with E-state index in [1.165, 1.54) is 21.5 Å². The van der Waals surface area contributed by atoms with Gasteiger partial charge in [-0.05, 0) is 17.5 Å². The SMILES string of the molecule is c1ccc(-c2ncc(-n3c4ccccc4c4ccc5ccc6c7ccccc7n(-c7cnc(-c8ccccc8)nc7)c6c5c43)cn2)cc1. The Morgan fingerprint density at radius 1 is 0.354 bits per heavy atom. The molecule has 0 aliphatic heterocycles. The minimum Gasteiger partial charge on any atom is -0.306 e. The molecule has 0 spiro atoms. The Kier molecular flexibility index (Phi) is 5.77. The second-order valence-electron chi connectivity index (χ2n) is 12.0. The third-order valence-electron chi connectivity index (χ3n) is 9.31. The highest BCUT2D eigenvalue weighted by Crippen LogP contribution is 2.43. The normalized spacial score (nSPS) is 11.8. The Labute approximate surface area is 275 Å². The summed E-state index contributed by atoms with van der Waals surface area (Å²) in [6.07, 6.45) is 7.75. The Bertz CT molecular complexity index is 2610. The summed E-state index contributed by atoms with van der Waals surface area (Å²) in [7, 11) is 0. The van der Waals surface area contributed by atoms with E-state index < -0.39 is 0 Å². The molecule has 0 aliphatic carbocycles. The van der Waals surface area contributed by atoms with Crippen molar-refractivity contribution in [3.05, 3.63) is 158 Å². The van der Waals surface area contributed by atoms with Gasteiger partial charge in [0, 0.05) is 38.1 Å². The van der Waals surface area contributed by atoms with E-state index in [0.717, 1.165) is 55.3 Å². The van der Waals surface area contributed by atoms with Gasteiger partial charge in [0.15, 0.2) is 11.6 Å². The summed E-state index contributed by atoms with van der Waals surface area (Å²) < 4.78 is 4.64. The third kappa shape index (κ3) is 3.93. The third-order valence-corrected chi connectivity index (χ3v) is 9.31. The molecule has 0 unspecified atom stereocenters. The van der Waals surface area contributed by atoms with Crippen LogP contribution in [0.25, 0.3) is 88.5 Å². The fourth-order valence-electron chi connectivity index (χ4n) is 7.20. The minimum absolute atomic E-state index is 0.700. The van der Waals surface area contributed by atoms with E-state index in [9.17, 15) is 0 Å². The minimum atomic E-state index is 0.700. The van der Waals surface area contributed by atoms with Gasteiger partial charge in [0.2, 0.25) is 0 Å². The molecule has 0 bridgehead atoms. The smallest absolute Gasteiger partial charge is 0.159 e. The van der Waals surface area contributed by atoms with Gasteiger partial charge in [-0.15, -0.1) is 0 Å². The van der Waals surface area contributed by atoms with Crippen LogP contribution in [0.15, 0.2) is 158 Å². The molecule has 10 rings (SSSR count). The van der Waals surface area contributed by atoms with Crippen molar-refractivity contribution >= 4 is 54.4 Å². The van der Waals surface area contributed by atoms with Gasteiger partial charge >= 0.3 is 0 Å². The fourth-order valence-corrected chi connectivity index (χ4v) is 7.20. The summed E-state index contributed by atoms with van der Waals surface area (Å²) in [5.74, 6) is 1.40. The first-order valence-electron chi connectivity index (χ1n) is 16.0. The van der Waals surface area contributed by atoms with Crippen LogP contribution in [0.1, 0.15) is 0 Å². The van der Waals surface area contributed by atoms with E-state index in [1.54, 1.807) is 0 Å². The molecule has 0 fully saturated rings. The van der Waals surface area contributed by atoms with E-state index in [4.69, 9.17) is 19.9 Å². The average Bonchev–Trinajstić information content (AvgIpc) is 3.69. The molecule has 4 heterocycles. The zero-order chi connectivity index (χ0) is 31.6. The Morgan fingerprint density at radius 3 is 1.19 bits per heavy atom. The maximum absolute atomic E-state index is 4.84. The van der Waals surface area contributed by atoms with Crippen LogP contribution < -0.4 is 0 Å². The first-order chi connectivity index (χ1) is 23.8. The molecule has 6 aromatic carbocycles. The second kappa shape index (κ2) is 10.4. The number of hydrogen-bond acceptors (Lipinski definition) is 4. The van der Waals surface area contributed by atoms with E-state index >= 15 is 0 Å². The summed E-state index contributed by atoms with van der Waals surface area (Å²) in [5, 5.41) is 6.99. The van der Waals surface area contributed by atoms with Crippen LogP contribution in [0.2, 0.25) is 0 Å². The molecule has 48 heavy (non-hydrogen) atoms. The Hall–Kier alpha value is -6.66. The van der Waals surface area contributed by atoms with E-state index in [2.05, 4.69) is 81.9 Å². The van der Waals surface area contributed by atoms with Crippen molar-refractivity contribution in [3.63, 3.8) is 0 Å². The molecule has 10 aromatic rings. The zero-order valence-electron chi connectivity index (χ0n) is 25.7. The second-order valence-corrected chi connectivity index (χ2v) is 12.0. The predicted octanol–water partition coefficient (Wildman–Crippen LogP) is 9.95. The van der Waals surface area contributed by atoms with E-state index in [-0.39, 0.29) is 0 Å². The van der Waals surface area contributed by atoms with Crippen LogP contribution in [0.3, 0.4) is 0 Å². The first kappa shape index (κ1) is 26.5. The lowest BCUT2D eigenvalue weighted by Gasteiger charge is -2.13. The summed E-state index contributed by atoms with van der Waals surface area (Å²) in [6.45, 7) is 0. The lowest BCUT2D eigenvalue weighted by molar-refractivity contribution is 1.08. The highest BCUT2D eigenvalue weighted by molar-refractivity contribution is 6.28. The van der Waals surface area contributed by atoms with Crippen LogP contribution in [0.4, 0.5) is 0 Å². The molecular weight excluding hydrogens is 589 g/mol. The highest BCUT2D eigenvalue weighted by atomic mass is 15.0. The standard InChI is InChI=1S/C42H26N6/c1-3-11-28(12-4-1)41-43-23-30(24-44-41)47-36-17-9-7-15-32(36)34-21-19-27-20-22-35-33-16-8-10-18-37(33)48(40(35)38(27)39(34)47)31-25-45-42(46-26-31)29-13-5-2-6-14-29/h1-26H. The van der Waals surface area contributed by atoms with Gasteiger partial charge in [-0.25, -0.2) is 19.9 Å². The van der Waals surface area contributed by atoms with Crippen molar-refractivity contribution in [1.29, 1.82) is 0 Å². The number of hydrogen-bond donors (Lipinski definition) is 0. The summed E-state index contributed by atoms with van der Waals surface area (Å²) in [6, 6.07) is 46.3. The number of aromatic nitrogens is 6. The number of nitrogens with zero attached hydrogens (tertiary/aromatic N) is 6. The maximum atomic E-state index is 4.84. The summed E-state index contributed by atoms with van der Waals surface area (Å²) >= 11 is 0. The van der Waals surface area contributed by atoms with Crippen LogP contribution in [0, 0.1) is 0 Å². The Balaban J connectivity index is 1.31. The van der Waals surface area contributed by atoms with Crippen molar-refractivity contribution in [2.75, 3.05) is 0 Å².